The number of nitrogens with two attached hydrogens (primary N) is 2. The molecule has 166 valence electrons. The van der Waals surface area contributed by atoms with E-state index in [1.807, 2.05) is 0 Å². The molecule has 0 heterocycles. The monoisotopic (exact) mass is 422 g/mol. The molecule has 1 aromatic carbocycles. The minimum atomic E-state index is -1.18. The number of nitrogens with one attached hydrogen (secondary N) is 2. The number of unbranched alkanes of at least 4 members (excludes halogenated alkanes) is 1. The summed E-state index contributed by atoms with van der Waals surface area (Å²) in [6.07, 6.45) is 1.12. The lowest BCUT2D eigenvalue weighted by atomic mass is 10.0. The highest BCUT2D eigenvalue weighted by Crippen LogP contribution is 2.07. The fourth-order valence-electron chi connectivity index (χ4n) is 2.77. The molecule has 30 heavy (non-hydrogen) atoms. The number of carbonyl (C=O) groups excluding carboxylic acids is 2. The minimum Gasteiger partial charge on any atom is -0.481 e. The van der Waals surface area contributed by atoms with Gasteiger partial charge in [-0.25, -0.2) is 4.79 Å². The van der Waals surface area contributed by atoms with Crippen LogP contribution in [0, 0.1) is 0 Å². The second-order valence-corrected chi connectivity index (χ2v) is 6.97. The molecule has 0 radical (unpaired) electrons. The zero-order valence-corrected chi connectivity index (χ0v) is 16.8. The van der Waals surface area contributed by atoms with Crippen molar-refractivity contribution in [3.05, 3.63) is 35.9 Å². The molecule has 0 fully saturated rings. The van der Waals surface area contributed by atoms with Gasteiger partial charge in [-0.2, -0.15) is 0 Å². The molecule has 8 N–H and O–H groups in total. The quantitative estimate of drug-likeness (QED) is 0.219. The van der Waals surface area contributed by atoms with Crippen LogP contribution in [-0.4, -0.2) is 58.6 Å². The van der Waals surface area contributed by atoms with Crippen molar-refractivity contribution < 1.29 is 29.4 Å². The third-order valence-corrected chi connectivity index (χ3v) is 4.48. The van der Waals surface area contributed by atoms with E-state index in [0.717, 1.165) is 5.56 Å². The second kappa shape index (κ2) is 13.3. The number of benzene rings is 1. The lowest BCUT2D eigenvalue weighted by molar-refractivity contribution is -0.142. The van der Waals surface area contributed by atoms with Gasteiger partial charge in [0.2, 0.25) is 11.8 Å². The standard InChI is InChI=1S/C20H30N4O6/c21-11-5-4-8-15(20(29)30)23-19(28)16(12-13-6-2-1-3-7-13)24-18(27)14(22)9-10-17(25)26/h1-3,6-7,14-16H,4-5,8-12,21-22H2,(H,23,28)(H,24,27)(H,25,26)(H,29,30). The first-order valence-electron chi connectivity index (χ1n) is 9.79. The second-order valence-electron chi connectivity index (χ2n) is 6.97. The van der Waals surface area contributed by atoms with E-state index in [1.54, 1.807) is 30.3 Å². The van der Waals surface area contributed by atoms with Crippen molar-refractivity contribution in [2.45, 2.75) is 56.7 Å². The van der Waals surface area contributed by atoms with Crippen molar-refractivity contribution in [1.29, 1.82) is 0 Å². The molecule has 0 saturated heterocycles. The molecule has 0 aliphatic heterocycles. The summed E-state index contributed by atoms with van der Waals surface area (Å²) in [6, 6.07) is 5.62. The zero-order valence-electron chi connectivity index (χ0n) is 16.8. The average molecular weight is 422 g/mol. The van der Waals surface area contributed by atoms with Crippen molar-refractivity contribution >= 4 is 23.8 Å². The molecule has 0 aliphatic rings. The van der Waals surface area contributed by atoms with Gasteiger partial charge in [0, 0.05) is 12.8 Å². The maximum Gasteiger partial charge on any atom is 0.326 e. The molecule has 3 unspecified atom stereocenters. The predicted octanol–water partition coefficient (Wildman–Crippen LogP) is -0.396. The summed E-state index contributed by atoms with van der Waals surface area (Å²) in [7, 11) is 0. The maximum atomic E-state index is 12.8. The van der Waals surface area contributed by atoms with Gasteiger partial charge < -0.3 is 32.3 Å². The molecular formula is C20H30N4O6. The van der Waals surface area contributed by atoms with E-state index in [2.05, 4.69) is 10.6 Å². The number of carbonyl (C=O) groups is 4. The van der Waals surface area contributed by atoms with Gasteiger partial charge in [0.25, 0.3) is 0 Å². The molecule has 1 rings (SSSR count). The van der Waals surface area contributed by atoms with E-state index in [9.17, 15) is 24.3 Å². The molecule has 0 aromatic heterocycles. The van der Waals surface area contributed by atoms with Gasteiger partial charge in [0.05, 0.1) is 6.04 Å². The first-order valence-corrected chi connectivity index (χ1v) is 9.79. The highest BCUT2D eigenvalue weighted by Gasteiger charge is 2.28. The summed E-state index contributed by atoms with van der Waals surface area (Å²) in [6.45, 7) is 0.418. The molecule has 0 aliphatic carbocycles. The summed E-state index contributed by atoms with van der Waals surface area (Å²) in [4.78, 5) is 47.3. The lowest BCUT2D eigenvalue weighted by Gasteiger charge is -2.23. The topological polar surface area (TPSA) is 185 Å². The van der Waals surface area contributed by atoms with E-state index in [4.69, 9.17) is 16.6 Å². The van der Waals surface area contributed by atoms with Crippen LogP contribution >= 0.6 is 0 Å². The lowest BCUT2D eigenvalue weighted by Crippen LogP contribution is -2.55. The van der Waals surface area contributed by atoms with Crippen molar-refractivity contribution in [1.82, 2.24) is 10.6 Å². The highest BCUT2D eigenvalue weighted by molar-refractivity contribution is 5.92. The Morgan fingerprint density at radius 3 is 2.10 bits per heavy atom. The first-order chi connectivity index (χ1) is 14.2. The Morgan fingerprint density at radius 1 is 0.900 bits per heavy atom. The van der Waals surface area contributed by atoms with Crippen LogP contribution in [0.4, 0.5) is 0 Å². The molecular weight excluding hydrogens is 392 g/mol. The molecule has 1 aromatic rings. The van der Waals surface area contributed by atoms with Crippen LogP contribution in [0.2, 0.25) is 0 Å². The van der Waals surface area contributed by atoms with Crippen LogP contribution in [0.15, 0.2) is 30.3 Å². The smallest absolute Gasteiger partial charge is 0.326 e. The van der Waals surface area contributed by atoms with Crippen LogP contribution in [0.5, 0.6) is 0 Å². The Hall–Kier alpha value is -2.98. The van der Waals surface area contributed by atoms with Gasteiger partial charge in [0.1, 0.15) is 12.1 Å². The van der Waals surface area contributed by atoms with E-state index in [0.29, 0.717) is 19.4 Å². The van der Waals surface area contributed by atoms with E-state index in [-0.39, 0.29) is 25.7 Å². The third-order valence-electron chi connectivity index (χ3n) is 4.48. The van der Waals surface area contributed by atoms with E-state index < -0.39 is 41.9 Å². The summed E-state index contributed by atoms with van der Waals surface area (Å²) in [5, 5.41) is 23.1. The average Bonchev–Trinajstić information content (AvgIpc) is 2.71. The molecule has 0 bridgehead atoms. The number of carboxylic acid groups (broad SMARTS) is 2. The van der Waals surface area contributed by atoms with Crippen LogP contribution in [-0.2, 0) is 25.6 Å². The van der Waals surface area contributed by atoms with Gasteiger partial charge in [-0.15, -0.1) is 0 Å². The van der Waals surface area contributed by atoms with Gasteiger partial charge in [0.15, 0.2) is 0 Å². The van der Waals surface area contributed by atoms with E-state index >= 15 is 0 Å². The SMILES string of the molecule is NCCCCC(NC(=O)C(Cc1ccccc1)NC(=O)C(N)CCC(=O)O)C(=O)O. The molecule has 0 spiro atoms. The summed E-state index contributed by atoms with van der Waals surface area (Å²) >= 11 is 0. The first kappa shape index (κ1) is 25.1. The summed E-state index contributed by atoms with van der Waals surface area (Å²) < 4.78 is 0. The number of carboxylic acids is 2. The Kier molecular flexibility index (Phi) is 11.1. The Labute approximate surface area is 175 Å². The van der Waals surface area contributed by atoms with Gasteiger partial charge in [-0.3, -0.25) is 14.4 Å². The molecule has 10 heteroatoms. The summed E-state index contributed by atoms with van der Waals surface area (Å²) in [5.41, 5.74) is 11.9. The number of hydrogen-bond acceptors (Lipinski definition) is 6. The van der Waals surface area contributed by atoms with Crippen molar-refractivity contribution in [3.8, 4) is 0 Å². The molecule has 2 amide bonds. The normalized spacial score (nSPS) is 13.7. The number of hydrogen-bond donors (Lipinski definition) is 6. The fourth-order valence-corrected chi connectivity index (χ4v) is 2.77. The van der Waals surface area contributed by atoms with Crippen LogP contribution < -0.4 is 22.1 Å². The minimum absolute atomic E-state index is 0.0856. The molecule has 0 saturated carbocycles. The van der Waals surface area contributed by atoms with Crippen LogP contribution in [0.1, 0.15) is 37.7 Å². The fraction of sp³-hybridized carbons (Fsp3) is 0.500. The Bertz CT molecular complexity index is 713. The number of rotatable bonds is 14. The van der Waals surface area contributed by atoms with Crippen molar-refractivity contribution in [3.63, 3.8) is 0 Å². The maximum absolute atomic E-state index is 12.8. The van der Waals surface area contributed by atoms with Gasteiger partial charge in [-0.05, 0) is 37.8 Å². The van der Waals surface area contributed by atoms with Crippen molar-refractivity contribution in [2.75, 3.05) is 6.54 Å². The molecule has 3 atom stereocenters. The highest BCUT2D eigenvalue weighted by atomic mass is 16.4. The Balaban J connectivity index is 2.87. The van der Waals surface area contributed by atoms with Crippen molar-refractivity contribution in [2.24, 2.45) is 11.5 Å². The van der Waals surface area contributed by atoms with Gasteiger partial charge in [-0.1, -0.05) is 30.3 Å². The van der Waals surface area contributed by atoms with Gasteiger partial charge >= 0.3 is 11.9 Å². The largest absolute Gasteiger partial charge is 0.481 e. The van der Waals surface area contributed by atoms with E-state index in [1.165, 1.54) is 0 Å². The Morgan fingerprint density at radius 2 is 1.53 bits per heavy atom. The van der Waals surface area contributed by atoms with Crippen LogP contribution in [0.25, 0.3) is 0 Å². The third kappa shape index (κ3) is 9.48. The van der Waals surface area contributed by atoms with Crippen LogP contribution in [0.3, 0.4) is 0 Å². The summed E-state index contributed by atoms with van der Waals surface area (Å²) in [5.74, 6) is -3.60. The number of amides is 2. The zero-order chi connectivity index (χ0) is 22.5. The molecule has 10 nitrogen and oxygen atoms in total. The number of aliphatic carboxylic acids is 2. The predicted molar refractivity (Wildman–Crippen MR) is 109 cm³/mol.